The molecule has 1 amide bonds. The number of amides is 1. The molecule has 1 aromatic heterocycles. The smallest absolute Gasteiger partial charge is 0.229 e. The quantitative estimate of drug-likeness (QED) is 0.688. The van der Waals surface area contributed by atoms with E-state index in [2.05, 4.69) is 22.1 Å². The van der Waals surface area contributed by atoms with Crippen molar-refractivity contribution >= 4 is 11.7 Å². The molecule has 1 heterocycles. The lowest BCUT2D eigenvalue weighted by Gasteiger charge is -2.01. The third-order valence-corrected chi connectivity index (χ3v) is 1.69. The van der Waals surface area contributed by atoms with Crippen LogP contribution in [0.5, 0.6) is 0 Å². The molecule has 0 unspecified atom stereocenters. The maximum atomic E-state index is 11.1. The Labute approximate surface area is 77.0 Å². The molecule has 4 heteroatoms. The maximum absolute atomic E-state index is 11.1. The highest BCUT2D eigenvalue weighted by Crippen LogP contribution is 2.11. The predicted octanol–water partition coefficient (Wildman–Crippen LogP) is 1.49. The Bertz CT molecular complexity index is 304. The number of anilines is 1. The number of carbonyl (C=O) groups excluding carboxylic acids is 1. The molecular weight excluding hydrogens is 166 g/mol. The van der Waals surface area contributed by atoms with Crippen LogP contribution in [0.1, 0.15) is 18.9 Å². The Morgan fingerprint density at radius 1 is 1.85 bits per heavy atom. The van der Waals surface area contributed by atoms with Gasteiger partial charge in [0.1, 0.15) is 5.82 Å². The number of aromatic amines is 1. The molecule has 0 bridgehead atoms. The van der Waals surface area contributed by atoms with E-state index in [-0.39, 0.29) is 5.91 Å². The second-order valence-corrected chi connectivity index (χ2v) is 2.66. The van der Waals surface area contributed by atoms with Gasteiger partial charge >= 0.3 is 0 Å². The fourth-order valence-electron chi connectivity index (χ4n) is 1.01. The van der Waals surface area contributed by atoms with Crippen molar-refractivity contribution in [2.24, 2.45) is 0 Å². The molecule has 2 N–H and O–H groups in total. The molecular formula is C9H13N3O. The Balaban J connectivity index is 2.62. The van der Waals surface area contributed by atoms with Crippen LogP contribution in [0.3, 0.4) is 0 Å². The minimum Gasteiger partial charge on any atom is -0.311 e. The van der Waals surface area contributed by atoms with Crippen molar-refractivity contribution in [3.05, 3.63) is 24.4 Å². The summed E-state index contributed by atoms with van der Waals surface area (Å²) in [4.78, 5) is 11.1. The number of aromatic nitrogens is 2. The van der Waals surface area contributed by atoms with E-state index in [4.69, 9.17) is 0 Å². The lowest BCUT2D eigenvalue weighted by atomic mass is 10.2. The molecule has 70 valence electrons. The lowest BCUT2D eigenvalue weighted by molar-refractivity contribution is -0.115. The Kier molecular flexibility index (Phi) is 3.25. The van der Waals surface area contributed by atoms with Crippen molar-refractivity contribution in [3.63, 3.8) is 0 Å². The lowest BCUT2D eigenvalue weighted by Crippen LogP contribution is -2.11. The van der Waals surface area contributed by atoms with E-state index in [1.54, 1.807) is 12.3 Å². The van der Waals surface area contributed by atoms with Gasteiger partial charge in [-0.3, -0.25) is 9.89 Å². The summed E-state index contributed by atoms with van der Waals surface area (Å²) in [5, 5.41) is 9.28. The van der Waals surface area contributed by atoms with Crippen molar-refractivity contribution in [1.29, 1.82) is 0 Å². The molecule has 4 nitrogen and oxygen atoms in total. The van der Waals surface area contributed by atoms with Gasteiger partial charge in [0.25, 0.3) is 0 Å². The number of hydrogen-bond donors (Lipinski definition) is 2. The van der Waals surface area contributed by atoms with Crippen molar-refractivity contribution in [2.45, 2.75) is 19.8 Å². The second kappa shape index (κ2) is 4.45. The average molecular weight is 179 g/mol. The number of nitrogens with zero attached hydrogens (tertiary/aromatic N) is 1. The summed E-state index contributed by atoms with van der Waals surface area (Å²) in [6.45, 7) is 5.49. The highest BCUT2D eigenvalue weighted by atomic mass is 16.1. The third-order valence-electron chi connectivity index (χ3n) is 1.69. The predicted molar refractivity (Wildman–Crippen MR) is 51.4 cm³/mol. The summed E-state index contributed by atoms with van der Waals surface area (Å²) >= 11 is 0. The molecule has 0 aromatic carbocycles. The van der Waals surface area contributed by atoms with Gasteiger partial charge in [0.2, 0.25) is 5.91 Å². The molecule has 0 aliphatic heterocycles. The van der Waals surface area contributed by atoms with Gasteiger partial charge in [0.05, 0.1) is 6.20 Å². The van der Waals surface area contributed by atoms with Crippen LogP contribution in [-0.4, -0.2) is 16.1 Å². The largest absolute Gasteiger partial charge is 0.311 e. The first-order valence-electron chi connectivity index (χ1n) is 4.21. The van der Waals surface area contributed by atoms with Crippen molar-refractivity contribution in [2.75, 3.05) is 5.32 Å². The van der Waals surface area contributed by atoms with Gasteiger partial charge < -0.3 is 5.32 Å². The molecule has 1 aromatic rings. The zero-order valence-corrected chi connectivity index (χ0v) is 7.63. The van der Waals surface area contributed by atoms with Gasteiger partial charge in [-0.05, 0) is 6.42 Å². The normalized spacial score (nSPS) is 9.62. The van der Waals surface area contributed by atoms with E-state index in [9.17, 15) is 4.79 Å². The number of nitrogens with one attached hydrogen (secondary N) is 2. The maximum Gasteiger partial charge on any atom is 0.229 e. The van der Waals surface area contributed by atoms with Gasteiger partial charge in [0.15, 0.2) is 0 Å². The first-order valence-corrected chi connectivity index (χ1v) is 4.21. The second-order valence-electron chi connectivity index (χ2n) is 2.66. The van der Waals surface area contributed by atoms with Gasteiger partial charge in [-0.2, -0.15) is 5.10 Å². The van der Waals surface area contributed by atoms with Crippen LogP contribution in [0, 0.1) is 0 Å². The number of aryl methyl sites for hydroxylation is 1. The van der Waals surface area contributed by atoms with Crippen LogP contribution in [-0.2, 0) is 11.2 Å². The SMILES string of the molecule is C=CCC(=O)Nc1[nH]ncc1CC. The van der Waals surface area contributed by atoms with Crippen LogP contribution < -0.4 is 5.32 Å². The Hall–Kier alpha value is -1.58. The van der Waals surface area contributed by atoms with Crippen molar-refractivity contribution in [1.82, 2.24) is 10.2 Å². The standard InChI is InChI=1S/C9H13N3O/c1-3-5-8(13)11-9-7(4-2)6-10-12-9/h3,6H,1,4-5H2,2H3,(H2,10,11,12,13). The molecule has 0 aliphatic rings. The van der Waals surface area contributed by atoms with Gasteiger partial charge in [-0.25, -0.2) is 0 Å². The van der Waals surface area contributed by atoms with E-state index in [0.29, 0.717) is 12.2 Å². The van der Waals surface area contributed by atoms with E-state index < -0.39 is 0 Å². The third kappa shape index (κ3) is 2.43. The van der Waals surface area contributed by atoms with Crippen molar-refractivity contribution in [3.8, 4) is 0 Å². The molecule has 0 spiro atoms. The summed E-state index contributed by atoms with van der Waals surface area (Å²) in [7, 11) is 0. The molecule has 0 saturated heterocycles. The molecule has 1 rings (SSSR count). The molecule has 0 atom stereocenters. The highest BCUT2D eigenvalue weighted by molar-refractivity contribution is 5.91. The van der Waals surface area contributed by atoms with Gasteiger partial charge in [-0.15, -0.1) is 6.58 Å². The summed E-state index contributed by atoms with van der Waals surface area (Å²) in [6, 6.07) is 0. The van der Waals surface area contributed by atoms with Crippen LogP contribution in [0.15, 0.2) is 18.9 Å². The monoisotopic (exact) mass is 179 g/mol. The summed E-state index contributed by atoms with van der Waals surface area (Å²) in [5.41, 5.74) is 1.01. The van der Waals surface area contributed by atoms with Crippen molar-refractivity contribution < 1.29 is 4.79 Å². The number of carbonyl (C=O) groups is 1. The summed E-state index contributed by atoms with van der Waals surface area (Å²) in [6.07, 6.45) is 4.45. The molecule has 0 radical (unpaired) electrons. The minimum atomic E-state index is -0.0750. The minimum absolute atomic E-state index is 0.0750. The van der Waals surface area contributed by atoms with Crippen LogP contribution in [0.25, 0.3) is 0 Å². The molecule has 0 fully saturated rings. The Morgan fingerprint density at radius 2 is 2.62 bits per heavy atom. The van der Waals surface area contributed by atoms with E-state index in [1.807, 2.05) is 6.92 Å². The Morgan fingerprint density at radius 3 is 3.23 bits per heavy atom. The summed E-state index contributed by atoms with van der Waals surface area (Å²) < 4.78 is 0. The van der Waals surface area contributed by atoms with E-state index in [1.165, 1.54) is 0 Å². The zero-order chi connectivity index (χ0) is 9.68. The first kappa shape index (κ1) is 9.51. The fourth-order valence-corrected chi connectivity index (χ4v) is 1.01. The topological polar surface area (TPSA) is 57.8 Å². The van der Waals surface area contributed by atoms with Crippen LogP contribution >= 0.6 is 0 Å². The number of H-pyrrole nitrogens is 1. The first-order chi connectivity index (χ1) is 6.27. The average Bonchev–Trinajstić information content (AvgIpc) is 2.52. The van der Waals surface area contributed by atoms with Crippen LogP contribution in [0.4, 0.5) is 5.82 Å². The van der Waals surface area contributed by atoms with Gasteiger partial charge in [-0.1, -0.05) is 13.0 Å². The van der Waals surface area contributed by atoms with Gasteiger partial charge in [0, 0.05) is 12.0 Å². The van der Waals surface area contributed by atoms with Crippen LogP contribution in [0.2, 0.25) is 0 Å². The molecule has 0 aliphatic carbocycles. The number of hydrogen-bond acceptors (Lipinski definition) is 2. The number of rotatable bonds is 4. The molecule has 13 heavy (non-hydrogen) atoms. The molecule has 0 saturated carbocycles. The van der Waals surface area contributed by atoms with E-state index >= 15 is 0 Å². The fraction of sp³-hybridized carbons (Fsp3) is 0.333. The zero-order valence-electron chi connectivity index (χ0n) is 7.63. The highest BCUT2D eigenvalue weighted by Gasteiger charge is 2.05. The van der Waals surface area contributed by atoms with E-state index in [0.717, 1.165) is 12.0 Å². The summed E-state index contributed by atoms with van der Waals surface area (Å²) in [5.74, 6) is 0.614.